The number of aldehydes is 1. The molecule has 2 rings (SSSR count). The molecule has 0 saturated heterocycles. The molecule has 1 unspecified atom stereocenters. The number of hydrogen-bond acceptors (Lipinski definition) is 3. The summed E-state index contributed by atoms with van der Waals surface area (Å²) in [5, 5.41) is 20.5. The number of rotatable bonds is 2. The molecule has 0 aliphatic heterocycles. The Labute approximate surface area is 93.0 Å². The third-order valence-electron chi connectivity index (χ3n) is 2.66. The van der Waals surface area contributed by atoms with Crippen LogP contribution < -0.4 is 0 Å². The summed E-state index contributed by atoms with van der Waals surface area (Å²) in [5.41, 5.74) is 1.07. The maximum Gasteiger partial charge on any atom is 0.154 e. The molecular weight excluding hydrogens is 204 g/mol. The van der Waals surface area contributed by atoms with Crippen molar-refractivity contribution in [1.82, 2.24) is 0 Å². The molecule has 0 aliphatic carbocycles. The molecule has 16 heavy (non-hydrogen) atoms. The Morgan fingerprint density at radius 2 is 2.00 bits per heavy atom. The lowest BCUT2D eigenvalue weighted by molar-refractivity contribution is 0.112. The van der Waals surface area contributed by atoms with Crippen molar-refractivity contribution in [3.05, 3.63) is 41.5 Å². The van der Waals surface area contributed by atoms with Gasteiger partial charge in [0.1, 0.15) is 5.75 Å². The Kier molecular flexibility index (Phi) is 2.62. The maximum absolute atomic E-state index is 10.9. The van der Waals surface area contributed by atoms with Crippen molar-refractivity contribution in [1.29, 1.82) is 0 Å². The molecule has 1 atom stereocenters. The molecule has 0 bridgehead atoms. The van der Waals surface area contributed by atoms with Gasteiger partial charge in [0.2, 0.25) is 0 Å². The van der Waals surface area contributed by atoms with E-state index in [-0.39, 0.29) is 11.3 Å². The Balaban J connectivity index is 2.73. The predicted octanol–water partition coefficient (Wildman–Crippen LogP) is 2.41. The van der Waals surface area contributed by atoms with Gasteiger partial charge in [-0.1, -0.05) is 18.2 Å². The molecule has 2 N–H and O–H groups in total. The summed E-state index contributed by atoms with van der Waals surface area (Å²) in [7, 11) is 0. The van der Waals surface area contributed by atoms with Crippen molar-refractivity contribution in [2.45, 2.75) is 13.0 Å². The molecule has 0 amide bonds. The summed E-state index contributed by atoms with van der Waals surface area (Å²) in [4.78, 5) is 10.9. The van der Waals surface area contributed by atoms with E-state index in [1.165, 1.54) is 6.07 Å². The number of aliphatic hydroxyl groups is 1. The van der Waals surface area contributed by atoms with Gasteiger partial charge in [-0.05, 0) is 35.4 Å². The van der Waals surface area contributed by atoms with Crippen LogP contribution >= 0.6 is 0 Å². The molecule has 2 aromatic carbocycles. The fraction of sp³-hybridized carbons (Fsp3) is 0.154. The highest BCUT2D eigenvalue weighted by atomic mass is 16.3. The largest absolute Gasteiger partial charge is 0.507 e. The van der Waals surface area contributed by atoms with Crippen molar-refractivity contribution >= 4 is 17.1 Å². The average Bonchev–Trinajstić information content (AvgIpc) is 2.28. The van der Waals surface area contributed by atoms with E-state index in [2.05, 4.69) is 0 Å². The van der Waals surface area contributed by atoms with Crippen LogP contribution in [0.3, 0.4) is 0 Å². The van der Waals surface area contributed by atoms with Crippen LogP contribution in [0.5, 0.6) is 5.75 Å². The van der Waals surface area contributed by atoms with E-state index in [1.807, 2.05) is 6.07 Å². The maximum atomic E-state index is 10.9. The first-order valence-electron chi connectivity index (χ1n) is 5.02. The highest BCUT2D eigenvalue weighted by molar-refractivity contribution is 6.00. The van der Waals surface area contributed by atoms with Gasteiger partial charge >= 0.3 is 0 Å². The number of carbonyl (C=O) groups is 1. The van der Waals surface area contributed by atoms with Gasteiger partial charge in [-0.15, -0.1) is 0 Å². The second-order valence-electron chi connectivity index (χ2n) is 3.77. The number of phenolic OH excluding ortho intramolecular Hbond substituents is 1. The first-order chi connectivity index (χ1) is 7.63. The highest BCUT2D eigenvalue weighted by Gasteiger charge is 2.08. The van der Waals surface area contributed by atoms with E-state index in [0.717, 1.165) is 10.9 Å². The van der Waals surface area contributed by atoms with Gasteiger partial charge in [0.15, 0.2) is 6.29 Å². The lowest BCUT2D eigenvalue weighted by atomic mass is 10.0. The van der Waals surface area contributed by atoms with Crippen LogP contribution in [0.4, 0.5) is 0 Å². The van der Waals surface area contributed by atoms with E-state index < -0.39 is 6.10 Å². The fourth-order valence-electron chi connectivity index (χ4n) is 1.74. The van der Waals surface area contributed by atoms with Crippen molar-refractivity contribution in [3.8, 4) is 5.75 Å². The molecule has 3 nitrogen and oxygen atoms in total. The van der Waals surface area contributed by atoms with Crippen LogP contribution in [0, 0.1) is 0 Å². The number of hydrogen-bond donors (Lipinski definition) is 2. The molecule has 0 spiro atoms. The molecule has 0 saturated carbocycles. The second-order valence-corrected chi connectivity index (χ2v) is 3.77. The molecule has 0 aliphatic rings. The Morgan fingerprint density at radius 3 is 2.62 bits per heavy atom. The van der Waals surface area contributed by atoms with Gasteiger partial charge in [0.05, 0.1) is 11.7 Å². The minimum absolute atomic E-state index is 0.0210. The number of aromatic hydroxyl groups is 1. The van der Waals surface area contributed by atoms with Crippen molar-refractivity contribution < 1.29 is 15.0 Å². The zero-order valence-electron chi connectivity index (χ0n) is 8.84. The van der Waals surface area contributed by atoms with E-state index >= 15 is 0 Å². The number of phenols is 1. The minimum Gasteiger partial charge on any atom is -0.507 e. The molecule has 2 aromatic rings. The molecule has 0 aromatic heterocycles. The Hall–Kier alpha value is -1.87. The van der Waals surface area contributed by atoms with Crippen LogP contribution in [0.25, 0.3) is 10.8 Å². The zero-order chi connectivity index (χ0) is 11.7. The van der Waals surface area contributed by atoms with Crippen LogP contribution in [-0.4, -0.2) is 16.5 Å². The van der Waals surface area contributed by atoms with Crippen molar-refractivity contribution in [2.24, 2.45) is 0 Å². The SMILES string of the molecule is CC(O)c1ccc2c(C=O)c(O)ccc2c1. The third-order valence-corrected chi connectivity index (χ3v) is 2.66. The molecule has 0 heterocycles. The van der Waals surface area contributed by atoms with Crippen LogP contribution in [0.2, 0.25) is 0 Å². The fourth-order valence-corrected chi connectivity index (χ4v) is 1.74. The normalized spacial score (nSPS) is 12.6. The molecular formula is C13H12O3. The number of aliphatic hydroxyl groups excluding tert-OH is 1. The van der Waals surface area contributed by atoms with E-state index in [9.17, 15) is 15.0 Å². The van der Waals surface area contributed by atoms with Gasteiger partial charge in [-0.25, -0.2) is 0 Å². The van der Waals surface area contributed by atoms with Crippen molar-refractivity contribution in [3.63, 3.8) is 0 Å². The van der Waals surface area contributed by atoms with Crippen LogP contribution in [0.15, 0.2) is 30.3 Å². The monoisotopic (exact) mass is 216 g/mol. The highest BCUT2D eigenvalue weighted by Crippen LogP contribution is 2.27. The van der Waals surface area contributed by atoms with Crippen LogP contribution in [-0.2, 0) is 0 Å². The van der Waals surface area contributed by atoms with Gasteiger partial charge in [0.25, 0.3) is 0 Å². The minimum atomic E-state index is -0.544. The van der Waals surface area contributed by atoms with Gasteiger partial charge in [-0.3, -0.25) is 4.79 Å². The topological polar surface area (TPSA) is 57.5 Å². The summed E-state index contributed by atoms with van der Waals surface area (Å²) in [5.74, 6) is -0.0210. The first kappa shape index (κ1) is 10.6. The predicted molar refractivity (Wildman–Crippen MR) is 61.6 cm³/mol. The lowest BCUT2D eigenvalue weighted by Gasteiger charge is -2.08. The van der Waals surface area contributed by atoms with E-state index in [1.54, 1.807) is 25.1 Å². The summed E-state index contributed by atoms with van der Waals surface area (Å²) < 4.78 is 0. The summed E-state index contributed by atoms with van der Waals surface area (Å²) in [6.45, 7) is 1.68. The number of benzene rings is 2. The Morgan fingerprint density at radius 1 is 1.25 bits per heavy atom. The number of carbonyl (C=O) groups excluding carboxylic acids is 1. The summed E-state index contributed by atoms with van der Waals surface area (Å²) >= 11 is 0. The molecule has 0 radical (unpaired) electrons. The van der Waals surface area contributed by atoms with E-state index in [0.29, 0.717) is 11.7 Å². The van der Waals surface area contributed by atoms with Crippen LogP contribution in [0.1, 0.15) is 28.9 Å². The Bertz CT molecular complexity index is 544. The molecule has 3 heteroatoms. The quantitative estimate of drug-likeness (QED) is 0.758. The summed E-state index contributed by atoms with van der Waals surface area (Å²) in [6, 6.07) is 8.51. The van der Waals surface area contributed by atoms with Gasteiger partial charge < -0.3 is 10.2 Å². The van der Waals surface area contributed by atoms with Gasteiger partial charge in [0, 0.05) is 0 Å². The van der Waals surface area contributed by atoms with Crippen molar-refractivity contribution in [2.75, 3.05) is 0 Å². The summed E-state index contributed by atoms with van der Waals surface area (Å²) in [6.07, 6.45) is 0.0950. The standard InChI is InChI=1S/C13H12O3/c1-8(15)9-2-4-11-10(6-9)3-5-13(16)12(11)7-14/h2-8,15-16H,1H3. The first-order valence-corrected chi connectivity index (χ1v) is 5.02. The smallest absolute Gasteiger partial charge is 0.154 e. The number of fused-ring (bicyclic) bond motifs is 1. The molecule has 82 valence electrons. The lowest BCUT2D eigenvalue weighted by Crippen LogP contribution is -1.92. The van der Waals surface area contributed by atoms with E-state index in [4.69, 9.17) is 0 Å². The zero-order valence-corrected chi connectivity index (χ0v) is 8.84. The van der Waals surface area contributed by atoms with Gasteiger partial charge in [-0.2, -0.15) is 0 Å². The molecule has 0 fully saturated rings. The third kappa shape index (κ3) is 1.66. The second kappa shape index (κ2) is 3.94. The average molecular weight is 216 g/mol.